The van der Waals surface area contributed by atoms with Gasteiger partial charge in [-0.3, -0.25) is 24.1 Å². The number of fused-ring (bicyclic) bond motifs is 1. The van der Waals surface area contributed by atoms with Crippen molar-refractivity contribution in [2.75, 3.05) is 31.0 Å². The van der Waals surface area contributed by atoms with Gasteiger partial charge in [0.05, 0.1) is 31.2 Å². The van der Waals surface area contributed by atoms with E-state index >= 15 is 0 Å². The number of anilines is 2. The summed E-state index contributed by atoms with van der Waals surface area (Å²) in [5.74, 6) is -1.77. The highest BCUT2D eigenvalue weighted by Crippen LogP contribution is 2.33. The topological polar surface area (TPSA) is 105 Å². The van der Waals surface area contributed by atoms with Gasteiger partial charge in [0, 0.05) is 22.7 Å². The molecule has 0 saturated heterocycles. The van der Waals surface area contributed by atoms with E-state index in [4.69, 9.17) is 32.7 Å². The van der Waals surface area contributed by atoms with Gasteiger partial charge < -0.3 is 19.7 Å². The Balaban J connectivity index is 1.56. The standard InChI is InChI=1S/C33H27Cl2N3O6/c1-43-24-15-16-26(28(17-24)44-2)36-32(41)30(21-9-13-23(35)14-10-21)38(18-20-7-11-22(34)12-8-20)29(39)19-37-27-6-4-3-5-25(27)31(40)33(37)42/h3-17,30H,18-19H2,1-2H3,(H,36,41). The van der Waals surface area contributed by atoms with Gasteiger partial charge in [-0.15, -0.1) is 0 Å². The molecule has 4 aromatic rings. The van der Waals surface area contributed by atoms with Gasteiger partial charge in [0.25, 0.3) is 17.6 Å². The maximum atomic E-state index is 14.2. The molecule has 9 nitrogen and oxygen atoms in total. The van der Waals surface area contributed by atoms with Gasteiger partial charge in [-0.1, -0.05) is 59.6 Å². The molecular formula is C33H27Cl2N3O6. The summed E-state index contributed by atoms with van der Waals surface area (Å²) >= 11 is 12.3. The number of ketones is 1. The summed E-state index contributed by atoms with van der Waals surface area (Å²) in [7, 11) is 2.98. The minimum atomic E-state index is -1.19. The Morgan fingerprint density at radius 2 is 1.52 bits per heavy atom. The number of rotatable bonds is 10. The molecule has 0 spiro atoms. The highest BCUT2D eigenvalue weighted by atomic mass is 35.5. The first-order chi connectivity index (χ1) is 21.2. The Morgan fingerprint density at radius 1 is 0.864 bits per heavy atom. The van der Waals surface area contributed by atoms with Crippen molar-refractivity contribution in [3.8, 4) is 11.5 Å². The normalized spacial score (nSPS) is 12.9. The number of nitrogens with one attached hydrogen (secondary N) is 1. The number of amides is 3. The molecule has 1 aliphatic rings. The van der Waals surface area contributed by atoms with Crippen molar-refractivity contribution in [2.24, 2.45) is 0 Å². The lowest BCUT2D eigenvalue weighted by atomic mass is 10.0. The average molecular weight is 633 g/mol. The van der Waals surface area contributed by atoms with Crippen LogP contribution in [0.5, 0.6) is 11.5 Å². The van der Waals surface area contributed by atoms with Crippen molar-refractivity contribution in [3.63, 3.8) is 0 Å². The van der Waals surface area contributed by atoms with Crippen LogP contribution in [-0.2, 0) is 20.9 Å². The zero-order chi connectivity index (χ0) is 31.4. The SMILES string of the molecule is COc1ccc(NC(=O)C(c2ccc(Cl)cc2)N(Cc2ccc(Cl)cc2)C(=O)CN2C(=O)C(=O)c3ccccc32)c(OC)c1. The largest absolute Gasteiger partial charge is 0.497 e. The Labute approximate surface area is 263 Å². The van der Waals surface area contributed by atoms with E-state index in [2.05, 4.69) is 5.32 Å². The number of methoxy groups -OCH3 is 2. The van der Waals surface area contributed by atoms with Crippen molar-refractivity contribution >= 4 is 58.1 Å². The second-order valence-corrected chi connectivity index (χ2v) is 10.8. The van der Waals surface area contributed by atoms with Crippen molar-refractivity contribution < 1.29 is 28.7 Å². The van der Waals surface area contributed by atoms with Crippen LogP contribution >= 0.6 is 23.2 Å². The maximum absolute atomic E-state index is 14.2. The molecule has 5 rings (SSSR count). The summed E-state index contributed by atoms with van der Waals surface area (Å²) in [6, 6.07) is 23.6. The number of benzene rings is 4. The van der Waals surface area contributed by atoms with Gasteiger partial charge in [-0.2, -0.15) is 0 Å². The molecule has 1 heterocycles. The molecule has 44 heavy (non-hydrogen) atoms. The molecular weight excluding hydrogens is 605 g/mol. The summed E-state index contributed by atoms with van der Waals surface area (Å²) in [5.41, 5.74) is 2.04. The summed E-state index contributed by atoms with van der Waals surface area (Å²) in [6.45, 7) is -0.494. The van der Waals surface area contributed by atoms with E-state index < -0.39 is 36.1 Å². The van der Waals surface area contributed by atoms with Crippen LogP contribution in [0.2, 0.25) is 10.0 Å². The number of Topliss-reactive ketones (excluding diaryl/α,β-unsaturated/α-hetero) is 1. The van der Waals surface area contributed by atoms with E-state index in [0.29, 0.717) is 44.0 Å². The second-order valence-electron chi connectivity index (χ2n) is 9.90. The lowest BCUT2D eigenvalue weighted by Gasteiger charge is -2.33. The molecule has 11 heteroatoms. The fraction of sp³-hybridized carbons (Fsp3) is 0.152. The molecule has 0 saturated carbocycles. The first kappa shape index (κ1) is 30.6. The van der Waals surface area contributed by atoms with Crippen LogP contribution in [0.25, 0.3) is 0 Å². The summed E-state index contributed by atoms with van der Waals surface area (Å²) in [4.78, 5) is 56.5. The van der Waals surface area contributed by atoms with Crippen LogP contribution < -0.4 is 19.7 Å². The van der Waals surface area contributed by atoms with E-state index in [9.17, 15) is 19.2 Å². The number of carbonyl (C=O) groups excluding carboxylic acids is 4. The summed E-state index contributed by atoms with van der Waals surface area (Å²) in [5, 5.41) is 3.82. The van der Waals surface area contributed by atoms with E-state index in [-0.39, 0.29) is 12.1 Å². The fourth-order valence-corrected chi connectivity index (χ4v) is 5.21. The number of hydrogen-bond donors (Lipinski definition) is 1. The first-order valence-electron chi connectivity index (χ1n) is 13.5. The third-order valence-corrected chi connectivity index (χ3v) is 7.68. The maximum Gasteiger partial charge on any atom is 0.299 e. The molecule has 1 atom stereocenters. The number of para-hydroxylation sites is 1. The molecule has 0 aromatic heterocycles. The highest BCUT2D eigenvalue weighted by Gasteiger charge is 2.39. The molecule has 0 bridgehead atoms. The van der Waals surface area contributed by atoms with Crippen LogP contribution in [0.3, 0.4) is 0 Å². The molecule has 224 valence electrons. The van der Waals surface area contributed by atoms with Crippen molar-refractivity contribution in [3.05, 3.63) is 118 Å². The number of carbonyl (C=O) groups is 4. The monoisotopic (exact) mass is 631 g/mol. The van der Waals surface area contributed by atoms with Gasteiger partial charge in [-0.25, -0.2) is 0 Å². The van der Waals surface area contributed by atoms with E-state index in [1.807, 2.05) is 0 Å². The molecule has 3 amide bonds. The van der Waals surface area contributed by atoms with Gasteiger partial charge in [0.1, 0.15) is 24.1 Å². The summed E-state index contributed by atoms with van der Waals surface area (Å²) < 4.78 is 10.7. The summed E-state index contributed by atoms with van der Waals surface area (Å²) in [6.07, 6.45) is 0. The van der Waals surface area contributed by atoms with Gasteiger partial charge >= 0.3 is 0 Å². The Bertz CT molecular complexity index is 1730. The van der Waals surface area contributed by atoms with Crippen LogP contribution in [0.15, 0.2) is 91.0 Å². The molecule has 0 radical (unpaired) electrons. The predicted molar refractivity (Wildman–Crippen MR) is 167 cm³/mol. The third kappa shape index (κ3) is 6.39. The number of hydrogen-bond acceptors (Lipinski definition) is 6. The highest BCUT2D eigenvalue weighted by molar-refractivity contribution is 6.52. The zero-order valence-electron chi connectivity index (χ0n) is 23.8. The smallest absolute Gasteiger partial charge is 0.299 e. The van der Waals surface area contributed by atoms with Crippen molar-refractivity contribution in [1.82, 2.24) is 4.90 Å². The average Bonchev–Trinajstić information content (AvgIpc) is 3.27. The van der Waals surface area contributed by atoms with Crippen LogP contribution in [0, 0.1) is 0 Å². The van der Waals surface area contributed by atoms with Gasteiger partial charge in [0.2, 0.25) is 5.91 Å². The number of halogens is 2. The Kier molecular flexibility index (Phi) is 9.18. The van der Waals surface area contributed by atoms with E-state index in [1.165, 1.54) is 25.2 Å². The number of ether oxygens (including phenoxy) is 2. The number of nitrogens with zero attached hydrogens (tertiary/aromatic N) is 2. The Morgan fingerprint density at radius 3 is 2.18 bits per heavy atom. The molecule has 4 aromatic carbocycles. The van der Waals surface area contributed by atoms with Crippen molar-refractivity contribution in [2.45, 2.75) is 12.6 Å². The van der Waals surface area contributed by atoms with Crippen molar-refractivity contribution in [1.29, 1.82) is 0 Å². The van der Waals surface area contributed by atoms with Crippen LogP contribution in [0.4, 0.5) is 11.4 Å². The van der Waals surface area contributed by atoms with Gasteiger partial charge in [0.15, 0.2) is 0 Å². The Hall–Kier alpha value is -4.86. The molecule has 1 aliphatic heterocycles. The minimum Gasteiger partial charge on any atom is -0.497 e. The first-order valence-corrected chi connectivity index (χ1v) is 14.2. The molecule has 0 fully saturated rings. The quantitative estimate of drug-likeness (QED) is 0.217. The van der Waals surface area contributed by atoms with Crippen LogP contribution in [-0.4, -0.2) is 49.2 Å². The third-order valence-electron chi connectivity index (χ3n) is 7.17. The van der Waals surface area contributed by atoms with Crippen LogP contribution in [0.1, 0.15) is 27.5 Å². The zero-order valence-corrected chi connectivity index (χ0v) is 25.3. The van der Waals surface area contributed by atoms with E-state index in [1.54, 1.807) is 84.9 Å². The second kappa shape index (κ2) is 13.2. The lowest BCUT2D eigenvalue weighted by molar-refractivity contribution is -0.139. The minimum absolute atomic E-state index is 0.0198. The molecule has 0 aliphatic carbocycles. The van der Waals surface area contributed by atoms with Gasteiger partial charge in [-0.05, 0) is 59.7 Å². The van der Waals surface area contributed by atoms with E-state index in [0.717, 1.165) is 4.90 Å². The molecule has 1 unspecified atom stereocenters. The lowest BCUT2D eigenvalue weighted by Crippen LogP contribution is -2.46. The predicted octanol–water partition coefficient (Wildman–Crippen LogP) is 5.95. The molecule has 1 N–H and O–H groups in total. The fourth-order valence-electron chi connectivity index (χ4n) is 4.96.